The minimum absolute atomic E-state index is 0.00502. The molecule has 4 rings (SSSR count). The van der Waals surface area contributed by atoms with E-state index in [0.717, 1.165) is 29.8 Å². The van der Waals surface area contributed by atoms with Gasteiger partial charge in [0.05, 0.1) is 27.6 Å². The van der Waals surface area contributed by atoms with Crippen LogP contribution in [-0.2, 0) is 25.6 Å². The number of hydrogen-bond donors (Lipinski definition) is 1. The van der Waals surface area contributed by atoms with Gasteiger partial charge >= 0.3 is 11.9 Å². The highest BCUT2D eigenvalue weighted by Crippen LogP contribution is 2.28. The Kier molecular flexibility index (Phi) is 8.56. The lowest BCUT2D eigenvalue weighted by Gasteiger charge is -2.23. The van der Waals surface area contributed by atoms with E-state index in [0.29, 0.717) is 0 Å². The zero-order chi connectivity index (χ0) is 27.9. The number of carbonyl (C=O) groups is 2. The van der Waals surface area contributed by atoms with Crippen molar-refractivity contribution in [3.8, 4) is 0 Å². The highest BCUT2D eigenvalue weighted by molar-refractivity contribution is 5.90. The van der Waals surface area contributed by atoms with Crippen molar-refractivity contribution >= 4 is 23.3 Å². The number of aliphatic hydroxyl groups is 1. The molecule has 0 aliphatic carbocycles. The van der Waals surface area contributed by atoms with Crippen LogP contribution < -0.4 is 0 Å². The molecule has 202 valence electrons. The summed E-state index contributed by atoms with van der Waals surface area (Å²) in [5.41, 5.74) is 0.399. The van der Waals surface area contributed by atoms with Gasteiger partial charge in [-0.15, -0.1) is 0 Å². The fraction of sp³-hybridized carbons (Fsp3) is 0.231. The average molecular weight is 538 g/mol. The molecule has 13 nitrogen and oxygen atoms in total. The maximum Gasteiger partial charge on any atom is 0.338 e. The van der Waals surface area contributed by atoms with Gasteiger partial charge in [-0.25, -0.2) is 9.59 Å². The summed E-state index contributed by atoms with van der Waals surface area (Å²) in [5, 5.41) is 32.3. The smallest absolute Gasteiger partial charge is 0.338 e. The number of nitrogens with zero attached hydrogens (tertiary/aromatic N) is 2. The summed E-state index contributed by atoms with van der Waals surface area (Å²) >= 11 is 0. The fourth-order valence-corrected chi connectivity index (χ4v) is 3.80. The average Bonchev–Trinajstić information content (AvgIpc) is 3.24. The van der Waals surface area contributed by atoms with Crippen LogP contribution in [0.3, 0.4) is 0 Å². The van der Waals surface area contributed by atoms with Crippen LogP contribution in [-0.4, -0.2) is 58.1 Å². The topological polar surface area (TPSA) is 178 Å². The first kappa shape index (κ1) is 27.3. The monoisotopic (exact) mass is 538 g/mol. The molecule has 3 aromatic carbocycles. The molecule has 3 aromatic rings. The molecule has 4 atom stereocenters. The van der Waals surface area contributed by atoms with Gasteiger partial charge in [0.1, 0.15) is 18.8 Å². The van der Waals surface area contributed by atoms with Gasteiger partial charge in [0.2, 0.25) is 0 Å². The summed E-state index contributed by atoms with van der Waals surface area (Å²) in [6, 6.07) is 18.5. The Morgan fingerprint density at radius 2 is 1.33 bits per heavy atom. The van der Waals surface area contributed by atoms with E-state index in [2.05, 4.69) is 0 Å². The molecule has 0 amide bonds. The summed E-state index contributed by atoms with van der Waals surface area (Å²) in [5.74, 6) is -1.69. The van der Waals surface area contributed by atoms with Crippen LogP contribution in [0.5, 0.6) is 0 Å². The number of non-ortho nitro benzene ring substituents is 2. The highest BCUT2D eigenvalue weighted by Gasteiger charge is 2.48. The normalized spacial score (nSPS) is 20.2. The third-order valence-electron chi connectivity index (χ3n) is 5.82. The van der Waals surface area contributed by atoms with E-state index < -0.39 is 53.0 Å². The summed E-state index contributed by atoms with van der Waals surface area (Å²) in [6.45, 7) is -0.400. The zero-order valence-electron chi connectivity index (χ0n) is 20.2. The molecular weight excluding hydrogens is 516 g/mol. The second kappa shape index (κ2) is 12.2. The van der Waals surface area contributed by atoms with E-state index >= 15 is 0 Å². The molecule has 0 aromatic heterocycles. The van der Waals surface area contributed by atoms with E-state index in [1.54, 1.807) is 24.3 Å². The van der Waals surface area contributed by atoms with Crippen molar-refractivity contribution in [3.63, 3.8) is 0 Å². The van der Waals surface area contributed by atoms with Gasteiger partial charge < -0.3 is 24.1 Å². The first-order chi connectivity index (χ1) is 18.7. The number of rotatable bonds is 10. The van der Waals surface area contributed by atoms with Crippen molar-refractivity contribution in [1.29, 1.82) is 0 Å². The largest absolute Gasteiger partial charge is 0.459 e. The maximum atomic E-state index is 12.9. The van der Waals surface area contributed by atoms with E-state index in [1.807, 2.05) is 6.07 Å². The summed E-state index contributed by atoms with van der Waals surface area (Å²) in [6.07, 6.45) is -5.05. The van der Waals surface area contributed by atoms with E-state index in [4.69, 9.17) is 18.9 Å². The van der Waals surface area contributed by atoms with Crippen molar-refractivity contribution in [2.45, 2.75) is 31.2 Å². The first-order valence-corrected chi connectivity index (χ1v) is 11.6. The molecule has 1 aliphatic rings. The third-order valence-corrected chi connectivity index (χ3v) is 5.82. The predicted molar refractivity (Wildman–Crippen MR) is 132 cm³/mol. The number of esters is 2. The number of benzene rings is 3. The van der Waals surface area contributed by atoms with Gasteiger partial charge in [-0.05, 0) is 29.8 Å². The highest BCUT2D eigenvalue weighted by atomic mass is 16.7. The SMILES string of the molecule is O=C(OC[C@H]1OC(O)[C@@H](OCc2ccccc2)[C@@H]1OC(=O)c1ccc([N+](=O)[O-])cc1)c1ccc([N+](=O)[O-])cc1. The van der Waals surface area contributed by atoms with Gasteiger partial charge in [0.25, 0.3) is 11.4 Å². The Hall–Kier alpha value is -4.72. The molecule has 0 bridgehead atoms. The number of hydrogen-bond acceptors (Lipinski definition) is 11. The van der Waals surface area contributed by atoms with Crippen LogP contribution in [0.2, 0.25) is 0 Å². The molecule has 39 heavy (non-hydrogen) atoms. The minimum atomic E-state index is -1.54. The molecule has 13 heteroatoms. The number of aliphatic hydroxyl groups excluding tert-OH is 1. The molecule has 1 aliphatic heterocycles. The van der Waals surface area contributed by atoms with Crippen LogP contribution in [0.1, 0.15) is 26.3 Å². The van der Waals surface area contributed by atoms with Crippen molar-refractivity contribution in [2.75, 3.05) is 6.61 Å². The summed E-state index contributed by atoms with van der Waals surface area (Å²) < 4.78 is 22.2. The van der Waals surface area contributed by atoms with E-state index in [1.165, 1.54) is 24.3 Å². The Morgan fingerprint density at radius 1 is 0.795 bits per heavy atom. The number of carbonyl (C=O) groups excluding carboxylic acids is 2. The molecule has 1 fully saturated rings. The first-order valence-electron chi connectivity index (χ1n) is 11.6. The Balaban J connectivity index is 1.48. The van der Waals surface area contributed by atoms with Crippen molar-refractivity contribution < 1.29 is 43.5 Å². The number of ether oxygens (including phenoxy) is 4. The second-order valence-electron chi connectivity index (χ2n) is 8.40. The molecule has 1 unspecified atom stereocenters. The predicted octanol–water partition coefficient (Wildman–Crippen LogP) is 3.19. The van der Waals surface area contributed by atoms with Crippen molar-refractivity contribution in [1.82, 2.24) is 0 Å². The Labute approximate surface area is 220 Å². The second-order valence-corrected chi connectivity index (χ2v) is 8.40. The summed E-state index contributed by atoms with van der Waals surface area (Å²) in [4.78, 5) is 45.9. The molecule has 1 saturated heterocycles. The molecule has 1 N–H and O–H groups in total. The lowest BCUT2D eigenvalue weighted by Crippen LogP contribution is -2.40. The molecule has 0 saturated carbocycles. The van der Waals surface area contributed by atoms with Gasteiger partial charge in [-0.3, -0.25) is 20.2 Å². The minimum Gasteiger partial charge on any atom is -0.459 e. The maximum absolute atomic E-state index is 12.9. The Morgan fingerprint density at radius 3 is 1.87 bits per heavy atom. The molecule has 1 heterocycles. The van der Waals surface area contributed by atoms with Gasteiger partial charge in [-0.2, -0.15) is 0 Å². The van der Waals surface area contributed by atoms with E-state index in [-0.39, 0.29) is 29.1 Å². The summed E-state index contributed by atoms with van der Waals surface area (Å²) in [7, 11) is 0. The van der Waals surface area contributed by atoms with Crippen LogP contribution in [0.4, 0.5) is 11.4 Å². The van der Waals surface area contributed by atoms with Gasteiger partial charge in [-0.1, -0.05) is 30.3 Å². The number of nitro benzene ring substituents is 2. The fourth-order valence-electron chi connectivity index (χ4n) is 3.80. The third kappa shape index (κ3) is 6.78. The van der Waals surface area contributed by atoms with Crippen LogP contribution in [0, 0.1) is 20.2 Å². The zero-order valence-corrected chi connectivity index (χ0v) is 20.2. The van der Waals surface area contributed by atoms with Gasteiger partial charge in [0.15, 0.2) is 12.4 Å². The quantitative estimate of drug-likeness (QED) is 0.228. The standard InChI is InChI=1S/C26H22N2O11/c29-24(17-6-10-19(11-7-17)27(32)33)37-15-21-22(39-25(30)18-8-12-20(13-9-18)28(34)35)23(26(31)38-21)36-14-16-4-2-1-3-5-16/h1-13,21-23,26,31H,14-15H2/t21-,22-,23+,26?/m1/s1. The lowest BCUT2D eigenvalue weighted by molar-refractivity contribution is -0.385. The lowest BCUT2D eigenvalue weighted by atomic mass is 10.1. The van der Waals surface area contributed by atoms with E-state index in [9.17, 15) is 34.9 Å². The molecular formula is C26H22N2O11. The van der Waals surface area contributed by atoms with Gasteiger partial charge in [0, 0.05) is 24.3 Å². The van der Waals surface area contributed by atoms with Crippen LogP contribution >= 0.6 is 0 Å². The van der Waals surface area contributed by atoms with Crippen molar-refractivity contribution in [3.05, 3.63) is 116 Å². The number of nitro groups is 2. The van der Waals surface area contributed by atoms with Crippen LogP contribution in [0.25, 0.3) is 0 Å². The van der Waals surface area contributed by atoms with Crippen molar-refractivity contribution in [2.24, 2.45) is 0 Å². The molecule has 0 spiro atoms. The van der Waals surface area contributed by atoms with Crippen LogP contribution in [0.15, 0.2) is 78.9 Å². The Bertz CT molecular complexity index is 1330. The molecule has 0 radical (unpaired) electrons.